The molecule has 3 rings (SSSR count). The second-order valence-electron chi connectivity index (χ2n) is 7.54. The molecular weight excluding hydrogens is 372 g/mol. The average Bonchev–Trinajstić information content (AvgIpc) is 3.20. The number of urea groups is 1. The van der Waals surface area contributed by atoms with Gasteiger partial charge in [0.05, 0.1) is 26.2 Å². The molecule has 0 aliphatic carbocycles. The van der Waals surface area contributed by atoms with E-state index in [1.54, 1.807) is 18.3 Å². The Bertz CT molecular complexity index is 847. The number of aromatic nitrogens is 2. The van der Waals surface area contributed by atoms with Crippen LogP contribution in [0.5, 0.6) is 5.75 Å². The van der Waals surface area contributed by atoms with Crippen LogP contribution >= 0.6 is 0 Å². The molecule has 2 atom stereocenters. The first-order valence-corrected chi connectivity index (χ1v) is 9.75. The standard InChI is InChI=1S/C21H28N4O4/c1-13(2)11-17(20(26)29-4)24-21(27)25-10-9-16-18(23-12-22-16)19(25)14-5-7-15(28-3)8-6-14/h5-8,12-13,17,19H,9-11H2,1-4H3,(H,22,23)(H,24,27). The lowest BCUT2D eigenvalue weighted by Crippen LogP contribution is -2.51. The third-order valence-corrected chi connectivity index (χ3v) is 5.11. The molecule has 2 N–H and O–H groups in total. The van der Waals surface area contributed by atoms with Crippen LogP contribution in [-0.4, -0.2) is 53.7 Å². The number of carbonyl (C=O) groups is 2. The van der Waals surface area contributed by atoms with E-state index >= 15 is 0 Å². The van der Waals surface area contributed by atoms with E-state index in [0.717, 1.165) is 22.7 Å². The SMILES string of the molecule is COC(=O)C(CC(C)C)NC(=O)N1CCc2[nH]cnc2C1c1ccc(OC)cc1. The van der Waals surface area contributed by atoms with Gasteiger partial charge in [0.1, 0.15) is 17.8 Å². The number of imidazole rings is 1. The van der Waals surface area contributed by atoms with Crippen molar-refractivity contribution in [3.8, 4) is 5.75 Å². The summed E-state index contributed by atoms with van der Waals surface area (Å²) in [6.07, 6.45) is 2.83. The normalized spacial score (nSPS) is 16.9. The predicted octanol–water partition coefficient (Wildman–Crippen LogP) is 2.66. The first-order chi connectivity index (χ1) is 13.9. The third kappa shape index (κ3) is 4.52. The van der Waals surface area contributed by atoms with E-state index in [2.05, 4.69) is 15.3 Å². The van der Waals surface area contributed by atoms with Crippen LogP contribution in [0.4, 0.5) is 4.79 Å². The number of benzene rings is 1. The van der Waals surface area contributed by atoms with Crippen molar-refractivity contribution in [1.29, 1.82) is 0 Å². The van der Waals surface area contributed by atoms with Gasteiger partial charge in [0, 0.05) is 18.7 Å². The highest BCUT2D eigenvalue weighted by atomic mass is 16.5. The number of ether oxygens (including phenoxy) is 2. The molecule has 29 heavy (non-hydrogen) atoms. The van der Waals surface area contributed by atoms with Gasteiger partial charge in [0.2, 0.25) is 0 Å². The van der Waals surface area contributed by atoms with E-state index < -0.39 is 12.0 Å². The number of hydrogen-bond acceptors (Lipinski definition) is 5. The van der Waals surface area contributed by atoms with Crippen LogP contribution in [0.1, 0.15) is 43.3 Å². The molecule has 0 spiro atoms. The van der Waals surface area contributed by atoms with Crippen LogP contribution in [-0.2, 0) is 16.0 Å². The number of rotatable bonds is 6. The fourth-order valence-electron chi connectivity index (χ4n) is 3.68. The summed E-state index contributed by atoms with van der Waals surface area (Å²) in [6.45, 7) is 4.51. The number of amides is 2. The smallest absolute Gasteiger partial charge is 0.328 e. The number of hydrogen-bond donors (Lipinski definition) is 2. The molecule has 1 aromatic carbocycles. The molecular formula is C21H28N4O4. The second kappa shape index (κ2) is 8.98. The number of aromatic amines is 1. The molecule has 2 aromatic rings. The van der Waals surface area contributed by atoms with Gasteiger partial charge in [-0.2, -0.15) is 0 Å². The summed E-state index contributed by atoms with van der Waals surface area (Å²) in [4.78, 5) is 34.7. The van der Waals surface area contributed by atoms with Crippen LogP contribution in [0.2, 0.25) is 0 Å². The first kappa shape index (κ1) is 20.7. The minimum atomic E-state index is -0.690. The molecule has 1 aliphatic heterocycles. The van der Waals surface area contributed by atoms with Gasteiger partial charge < -0.3 is 24.7 Å². The summed E-state index contributed by atoms with van der Waals surface area (Å²) >= 11 is 0. The zero-order chi connectivity index (χ0) is 21.0. The summed E-state index contributed by atoms with van der Waals surface area (Å²) in [5.74, 6) is 0.534. The molecule has 0 radical (unpaired) electrons. The van der Waals surface area contributed by atoms with Gasteiger partial charge in [-0.15, -0.1) is 0 Å². The Kier molecular flexibility index (Phi) is 6.41. The highest BCUT2D eigenvalue weighted by Gasteiger charge is 2.35. The lowest BCUT2D eigenvalue weighted by molar-refractivity contribution is -0.143. The van der Waals surface area contributed by atoms with Crippen LogP contribution in [0.3, 0.4) is 0 Å². The van der Waals surface area contributed by atoms with Crippen molar-refractivity contribution in [3.63, 3.8) is 0 Å². The van der Waals surface area contributed by atoms with Gasteiger partial charge >= 0.3 is 12.0 Å². The number of nitrogens with one attached hydrogen (secondary N) is 2. The van der Waals surface area contributed by atoms with E-state index in [-0.39, 0.29) is 18.0 Å². The van der Waals surface area contributed by atoms with E-state index in [9.17, 15) is 9.59 Å². The summed E-state index contributed by atoms with van der Waals surface area (Å²) < 4.78 is 10.1. The van der Waals surface area contributed by atoms with Gasteiger partial charge in [-0.25, -0.2) is 14.6 Å². The topological polar surface area (TPSA) is 96.6 Å². The van der Waals surface area contributed by atoms with Crippen LogP contribution in [0.25, 0.3) is 0 Å². The fraction of sp³-hybridized carbons (Fsp3) is 0.476. The molecule has 1 aromatic heterocycles. The highest BCUT2D eigenvalue weighted by molar-refractivity contribution is 5.84. The van der Waals surface area contributed by atoms with Crippen LogP contribution in [0, 0.1) is 5.92 Å². The molecule has 2 heterocycles. The molecule has 2 amide bonds. The minimum Gasteiger partial charge on any atom is -0.497 e. The fourth-order valence-corrected chi connectivity index (χ4v) is 3.68. The van der Waals surface area contributed by atoms with Crippen molar-refractivity contribution in [1.82, 2.24) is 20.2 Å². The number of nitrogens with zero attached hydrogens (tertiary/aromatic N) is 2. The molecule has 0 fully saturated rings. The average molecular weight is 400 g/mol. The van der Waals surface area contributed by atoms with Gasteiger partial charge in [-0.3, -0.25) is 0 Å². The summed E-state index contributed by atoms with van der Waals surface area (Å²) in [5, 5.41) is 2.86. The van der Waals surface area contributed by atoms with E-state index in [1.165, 1.54) is 7.11 Å². The Morgan fingerprint density at radius 2 is 2.00 bits per heavy atom. The van der Waals surface area contributed by atoms with E-state index in [0.29, 0.717) is 19.4 Å². The maximum absolute atomic E-state index is 13.2. The predicted molar refractivity (Wildman–Crippen MR) is 108 cm³/mol. The Morgan fingerprint density at radius 3 is 2.62 bits per heavy atom. The van der Waals surface area contributed by atoms with Crippen LogP contribution in [0.15, 0.2) is 30.6 Å². The third-order valence-electron chi connectivity index (χ3n) is 5.11. The second-order valence-corrected chi connectivity index (χ2v) is 7.54. The minimum absolute atomic E-state index is 0.232. The summed E-state index contributed by atoms with van der Waals surface area (Å²) in [7, 11) is 2.95. The quantitative estimate of drug-likeness (QED) is 0.727. The molecule has 0 saturated carbocycles. The van der Waals surface area contributed by atoms with Gasteiger partial charge in [-0.1, -0.05) is 26.0 Å². The molecule has 0 saturated heterocycles. The van der Waals surface area contributed by atoms with Gasteiger partial charge in [-0.05, 0) is 30.0 Å². The first-order valence-electron chi connectivity index (χ1n) is 9.75. The van der Waals surface area contributed by atoms with Gasteiger partial charge in [0.15, 0.2) is 0 Å². The van der Waals surface area contributed by atoms with Crippen molar-refractivity contribution >= 4 is 12.0 Å². The number of carbonyl (C=O) groups excluding carboxylic acids is 2. The highest BCUT2D eigenvalue weighted by Crippen LogP contribution is 2.34. The van der Waals surface area contributed by atoms with Crippen molar-refractivity contribution in [3.05, 3.63) is 47.5 Å². The number of H-pyrrole nitrogens is 1. The largest absolute Gasteiger partial charge is 0.497 e. The Balaban J connectivity index is 1.89. The monoisotopic (exact) mass is 400 g/mol. The molecule has 1 aliphatic rings. The molecule has 156 valence electrons. The Hall–Kier alpha value is -3.03. The maximum atomic E-state index is 13.2. The molecule has 8 nitrogen and oxygen atoms in total. The molecule has 8 heteroatoms. The Morgan fingerprint density at radius 1 is 1.28 bits per heavy atom. The van der Waals surface area contributed by atoms with Crippen molar-refractivity contribution in [2.45, 2.75) is 38.8 Å². The van der Waals surface area contributed by atoms with Crippen molar-refractivity contribution in [2.75, 3.05) is 20.8 Å². The zero-order valence-corrected chi connectivity index (χ0v) is 17.3. The lowest BCUT2D eigenvalue weighted by Gasteiger charge is -2.36. The van der Waals surface area contributed by atoms with E-state index in [1.807, 2.05) is 38.1 Å². The zero-order valence-electron chi connectivity index (χ0n) is 17.3. The molecule has 0 bridgehead atoms. The maximum Gasteiger partial charge on any atom is 0.328 e. The van der Waals surface area contributed by atoms with Crippen molar-refractivity contribution in [2.24, 2.45) is 5.92 Å². The van der Waals surface area contributed by atoms with Crippen molar-refractivity contribution < 1.29 is 19.1 Å². The molecule has 2 unspecified atom stereocenters. The number of fused-ring (bicyclic) bond motifs is 1. The Labute approximate surface area is 170 Å². The number of esters is 1. The number of methoxy groups -OCH3 is 2. The van der Waals surface area contributed by atoms with Gasteiger partial charge in [0.25, 0.3) is 0 Å². The lowest BCUT2D eigenvalue weighted by atomic mass is 9.95. The van der Waals surface area contributed by atoms with E-state index in [4.69, 9.17) is 9.47 Å². The summed E-state index contributed by atoms with van der Waals surface area (Å²) in [5.41, 5.74) is 2.75. The van der Waals surface area contributed by atoms with Crippen LogP contribution < -0.4 is 10.1 Å². The summed E-state index contributed by atoms with van der Waals surface area (Å²) in [6, 6.07) is 6.23.